The van der Waals surface area contributed by atoms with E-state index < -0.39 is 23.7 Å². The fraction of sp³-hybridized carbons (Fsp3) is 0.667. The number of nitrogens with two attached hydrogens (primary N) is 1. The van der Waals surface area contributed by atoms with Gasteiger partial charge in [-0.1, -0.05) is 0 Å². The van der Waals surface area contributed by atoms with Gasteiger partial charge >= 0.3 is 12.1 Å². The molecule has 0 saturated heterocycles. The predicted molar refractivity (Wildman–Crippen MR) is 78.5 cm³/mol. The highest BCUT2D eigenvalue weighted by atomic mass is 16.6. The maximum Gasteiger partial charge on any atom is 0.408 e. The molecule has 0 bridgehead atoms. The summed E-state index contributed by atoms with van der Waals surface area (Å²) in [4.78, 5) is 22.6. The third-order valence-electron chi connectivity index (χ3n) is 1.72. The van der Waals surface area contributed by atoms with Crippen LogP contribution in [0.1, 0.15) is 28.6 Å². The van der Waals surface area contributed by atoms with Crippen molar-refractivity contribution in [1.29, 1.82) is 10.8 Å². The van der Waals surface area contributed by atoms with Crippen LogP contribution < -0.4 is 11.1 Å². The van der Waals surface area contributed by atoms with Gasteiger partial charge in [-0.2, -0.15) is 0 Å². The molecule has 1 atom stereocenters. The van der Waals surface area contributed by atoms with Crippen LogP contribution >= 0.6 is 0 Å². The first-order valence-electron chi connectivity index (χ1n) is 5.98. The predicted octanol–water partition coefficient (Wildman–Crippen LogP) is 0.933. The van der Waals surface area contributed by atoms with E-state index in [1.807, 2.05) is 0 Å². The van der Waals surface area contributed by atoms with Crippen LogP contribution in [0.15, 0.2) is 0 Å². The minimum absolute atomic E-state index is 0. The van der Waals surface area contributed by atoms with Gasteiger partial charge in [0.15, 0.2) is 0 Å². The molecule has 5 N–H and O–H groups in total. The molecule has 0 aromatic carbocycles. The van der Waals surface area contributed by atoms with E-state index in [0.717, 1.165) is 12.4 Å². The van der Waals surface area contributed by atoms with Crippen LogP contribution in [-0.4, -0.2) is 49.8 Å². The first-order valence-corrected chi connectivity index (χ1v) is 5.98. The molecular weight excluding hydrogens is 264 g/mol. The van der Waals surface area contributed by atoms with E-state index in [4.69, 9.17) is 21.3 Å². The summed E-state index contributed by atoms with van der Waals surface area (Å²) in [7, 11) is 1.25. The lowest BCUT2D eigenvalue weighted by atomic mass is 10.2. The number of ether oxygens (including phenoxy) is 2. The van der Waals surface area contributed by atoms with Crippen LogP contribution in [0.4, 0.5) is 4.79 Å². The molecule has 8 nitrogen and oxygen atoms in total. The summed E-state index contributed by atoms with van der Waals surface area (Å²) >= 11 is 0. The van der Waals surface area contributed by atoms with E-state index in [1.54, 1.807) is 20.8 Å². The summed E-state index contributed by atoms with van der Waals surface area (Å²) in [5.41, 5.74) is 4.72. The molecule has 0 radical (unpaired) electrons. The molecule has 1 unspecified atom stereocenters. The number of esters is 1. The lowest BCUT2D eigenvalue weighted by Crippen LogP contribution is -2.44. The Labute approximate surface area is 120 Å². The third-order valence-corrected chi connectivity index (χ3v) is 1.72. The Kier molecular flexibility index (Phi) is 11.1. The molecular formula is C12H26N4O4. The molecule has 0 spiro atoms. The number of amides is 1. The van der Waals surface area contributed by atoms with Crippen molar-refractivity contribution in [2.75, 3.05) is 13.7 Å². The van der Waals surface area contributed by atoms with Crippen LogP contribution in [0.3, 0.4) is 0 Å². The van der Waals surface area contributed by atoms with Gasteiger partial charge in [0.05, 0.1) is 7.11 Å². The van der Waals surface area contributed by atoms with E-state index in [-0.39, 0.29) is 7.97 Å². The van der Waals surface area contributed by atoms with Gasteiger partial charge in [-0.3, -0.25) is 0 Å². The van der Waals surface area contributed by atoms with Crippen molar-refractivity contribution in [3.63, 3.8) is 0 Å². The first kappa shape index (κ1) is 20.4. The molecule has 0 aliphatic carbocycles. The Morgan fingerprint density at radius 1 is 1.35 bits per heavy atom. The topological polar surface area (TPSA) is 138 Å². The normalized spacial score (nSPS) is 11.2. The molecule has 8 heteroatoms. The average Bonchev–Trinajstić information content (AvgIpc) is 2.35. The molecule has 20 heavy (non-hydrogen) atoms. The summed E-state index contributed by atoms with van der Waals surface area (Å²) in [6.45, 7) is 5.49. The molecule has 0 aromatic heterocycles. The number of nitrogens with one attached hydrogen (secondary N) is 3. The van der Waals surface area contributed by atoms with Crippen LogP contribution in [-0.2, 0) is 14.3 Å². The summed E-state index contributed by atoms with van der Waals surface area (Å²) in [5, 5.41) is 14.6. The number of carbonyl (C=O) groups excluding carboxylic acids is 2. The number of hydrogen-bond donors (Lipinski definition) is 4. The monoisotopic (exact) mass is 290 g/mol. The van der Waals surface area contributed by atoms with E-state index in [9.17, 15) is 9.59 Å². The van der Waals surface area contributed by atoms with Crippen LogP contribution in [0.2, 0.25) is 0 Å². The van der Waals surface area contributed by atoms with Crippen molar-refractivity contribution in [3.05, 3.63) is 0 Å². The maximum absolute atomic E-state index is 11.4. The van der Waals surface area contributed by atoms with E-state index in [2.05, 4.69) is 10.1 Å². The Morgan fingerprint density at radius 2 is 1.85 bits per heavy atom. The zero-order chi connectivity index (χ0) is 16.2. The molecule has 118 valence electrons. The second kappa shape index (κ2) is 10.9. The standard InChI is InChI=1S/C10H20N2O4.C2H4N2.H2/c1-10(2,3)16-9(14)12-7(5-6-11)8(13)15-4;3-1-2-4;/h7H,5-6,11H2,1-4H3,(H,12,14);1-4H;1H. The molecule has 0 heterocycles. The lowest BCUT2D eigenvalue weighted by molar-refractivity contribution is -0.143. The zero-order valence-electron chi connectivity index (χ0n) is 12.4. The molecule has 0 aliphatic heterocycles. The molecule has 0 fully saturated rings. The third kappa shape index (κ3) is 12.5. The summed E-state index contributed by atoms with van der Waals surface area (Å²) < 4.78 is 9.54. The van der Waals surface area contributed by atoms with E-state index in [1.165, 1.54) is 7.11 Å². The maximum atomic E-state index is 11.4. The van der Waals surface area contributed by atoms with Crippen molar-refractivity contribution in [2.24, 2.45) is 5.73 Å². The van der Waals surface area contributed by atoms with Gasteiger partial charge < -0.3 is 31.3 Å². The van der Waals surface area contributed by atoms with Gasteiger partial charge in [-0.15, -0.1) is 0 Å². The van der Waals surface area contributed by atoms with Crippen molar-refractivity contribution in [1.82, 2.24) is 5.32 Å². The Balaban J connectivity index is -0.000000572. The Morgan fingerprint density at radius 3 is 2.15 bits per heavy atom. The van der Waals surface area contributed by atoms with Crippen molar-refractivity contribution in [2.45, 2.75) is 38.8 Å². The van der Waals surface area contributed by atoms with E-state index >= 15 is 0 Å². The quantitative estimate of drug-likeness (QED) is 0.440. The molecule has 0 rings (SSSR count). The van der Waals surface area contributed by atoms with Crippen LogP contribution in [0, 0.1) is 10.8 Å². The first-order chi connectivity index (χ1) is 9.21. The number of carbonyl (C=O) groups is 2. The highest BCUT2D eigenvalue weighted by molar-refractivity contribution is 6.12. The number of alkyl carbamates (subject to hydrolysis) is 1. The summed E-state index contributed by atoms with van der Waals surface area (Å²) in [6.07, 6.45) is 1.49. The van der Waals surface area contributed by atoms with Gasteiger partial charge in [0, 0.05) is 13.9 Å². The zero-order valence-corrected chi connectivity index (χ0v) is 12.4. The van der Waals surface area contributed by atoms with Crippen LogP contribution in [0.25, 0.3) is 0 Å². The minimum atomic E-state index is -0.759. The lowest BCUT2D eigenvalue weighted by Gasteiger charge is -2.22. The smallest absolute Gasteiger partial charge is 0.408 e. The number of hydrogen-bond acceptors (Lipinski definition) is 7. The highest BCUT2D eigenvalue weighted by Crippen LogP contribution is 2.07. The van der Waals surface area contributed by atoms with Gasteiger partial charge in [-0.25, -0.2) is 9.59 Å². The largest absolute Gasteiger partial charge is 0.467 e. The SMILES string of the molecule is COC(=O)C(CCN)NC(=O)OC(C)(C)C.N=CC=N.[HH]. The van der Waals surface area contributed by atoms with Gasteiger partial charge in [-0.05, 0) is 33.7 Å². The Hall–Kier alpha value is -1.96. The van der Waals surface area contributed by atoms with E-state index in [0.29, 0.717) is 6.42 Å². The molecule has 0 saturated carbocycles. The van der Waals surface area contributed by atoms with Crippen LogP contribution in [0.5, 0.6) is 0 Å². The summed E-state index contributed by atoms with van der Waals surface area (Å²) in [5.74, 6) is -0.531. The average molecular weight is 290 g/mol. The fourth-order valence-corrected chi connectivity index (χ4v) is 1.01. The van der Waals surface area contributed by atoms with Crippen molar-refractivity contribution >= 4 is 24.5 Å². The fourth-order valence-electron chi connectivity index (χ4n) is 1.01. The Bertz CT molecular complexity index is 326. The number of rotatable bonds is 5. The molecule has 0 aliphatic rings. The second-order valence-electron chi connectivity index (χ2n) is 4.63. The van der Waals surface area contributed by atoms with Gasteiger partial charge in [0.25, 0.3) is 0 Å². The summed E-state index contributed by atoms with van der Waals surface area (Å²) in [6, 6.07) is -0.759. The number of methoxy groups -OCH3 is 1. The van der Waals surface area contributed by atoms with Crippen molar-refractivity contribution < 1.29 is 20.5 Å². The molecule has 1 amide bonds. The second-order valence-corrected chi connectivity index (χ2v) is 4.63. The van der Waals surface area contributed by atoms with Gasteiger partial charge in [0.1, 0.15) is 11.6 Å². The minimum Gasteiger partial charge on any atom is -0.467 e. The highest BCUT2D eigenvalue weighted by Gasteiger charge is 2.24. The van der Waals surface area contributed by atoms with Crippen molar-refractivity contribution in [3.8, 4) is 0 Å². The molecule has 0 aromatic rings. The van der Waals surface area contributed by atoms with Gasteiger partial charge in [0.2, 0.25) is 0 Å².